The molecule has 1 aromatic heterocycles. The maximum atomic E-state index is 12.9. The molecule has 32 heavy (non-hydrogen) atoms. The van der Waals surface area contributed by atoms with E-state index in [9.17, 15) is 14.4 Å². The zero-order chi connectivity index (χ0) is 22.2. The number of fused-ring (bicyclic) bond motifs is 3. The summed E-state index contributed by atoms with van der Waals surface area (Å²) in [6.07, 6.45) is 4.30. The van der Waals surface area contributed by atoms with E-state index < -0.39 is 6.10 Å². The summed E-state index contributed by atoms with van der Waals surface area (Å²) in [5.74, 6) is 0.423. The average molecular weight is 440 g/mol. The van der Waals surface area contributed by atoms with E-state index in [0.717, 1.165) is 55.0 Å². The van der Waals surface area contributed by atoms with Crippen LogP contribution in [0.3, 0.4) is 0 Å². The van der Waals surface area contributed by atoms with Crippen molar-refractivity contribution in [3.8, 4) is 5.75 Å². The molecule has 2 fully saturated rings. The van der Waals surface area contributed by atoms with Crippen molar-refractivity contribution < 1.29 is 23.5 Å². The summed E-state index contributed by atoms with van der Waals surface area (Å²) in [5.41, 5.74) is 2.12. The van der Waals surface area contributed by atoms with Crippen molar-refractivity contribution in [1.29, 1.82) is 0 Å². The lowest BCUT2D eigenvalue weighted by molar-refractivity contribution is -0.139. The Morgan fingerprint density at radius 3 is 2.56 bits per heavy atom. The van der Waals surface area contributed by atoms with E-state index in [4.69, 9.17) is 13.9 Å². The van der Waals surface area contributed by atoms with Crippen LogP contribution in [0.15, 0.2) is 27.4 Å². The molecule has 0 spiro atoms. The molecule has 1 aromatic carbocycles. The van der Waals surface area contributed by atoms with E-state index in [1.54, 1.807) is 22.8 Å². The molecule has 3 heterocycles. The van der Waals surface area contributed by atoms with Gasteiger partial charge in [-0.3, -0.25) is 4.79 Å². The molecule has 1 unspecified atom stereocenters. The number of cyclic esters (lactones) is 1. The Balaban J connectivity index is 1.24. The summed E-state index contributed by atoms with van der Waals surface area (Å²) in [6.45, 7) is 3.97. The van der Waals surface area contributed by atoms with Gasteiger partial charge in [-0.05, 0) is 63.1 Å². The van der Waals surface area contributed by atoms with Crippen molar-refractivity contribution in [3.63, 3.8) is 0 Å². The van der Waals surface area contributed by atoms with Crippen LogP contribution < -0.4 is 10.4 Å². The van der Waals surface area contributed by atoms with Gasteiger partial charge < -0.3 is 23.7 Å². The minimum atomic E-state index is -0.662. The summed E-state index contributed by atoms with van der Waals surface area (Å²) in [5, 5.41) is 0.952. The van der Waals surface area contributed by atoms with Gasteiger partial charge in [0.15, 0.2) is 6.10 Å². The highest BCUT2D eigenvalue weighted by atomic mass is 16.6. The van der Waals surface area contributed by atoms with Gasteiger partial charge in [-0.25, -0.2) is 9.59 Å². The van der Waals surface area contributed by atoms with Gasteiger partial charge in [-0.1, -0.05) is 0 Å². The Morgan fingerprint density at radius 1 is 1.09 bits per heavy atom. The highest BCUT2D eigenvalue weighted by Gasteiger charge is 2.34. The lowest BCUT2D eigenvalue weighted by Crippen LogP contribution is -2.49. The quantitative estimate of drug-likeness (QED) is 0.680. The third-order valence-electron chi connectivity index (χ3n) is 6.86. The number of rotatable bonds is 4. The molecule has 5 rings (SSSR count). The van der Waals surface area contributed by atoms with Gasteiger partial charge in [0, 0.05) is 36.1 Å². The number of hydrogen-bond acceptors (Lipinski definition) is 6. The van der Waals surface area contributed by atoms with Crippen molar-refractivity contribution in [3.05, 3.63) is 39.7 Å². The topological polar surface area (TPSA) is 89.3 Å². The number of benzene rings is 1. The molecule has 2 aromatic rings. The SMILES string of the molecule is CC(Oc1ccc2c3c(c(=O)oc2c1)CCCC3)C(=O)N1CCC(N2CCOC2=O)CC1. The number of piperidine rings is 1. The number of nitrogens with zero attached hydrogens (tertiary/aromatic N) is 2. The molecule has 170 valence electrons. The molecular weight excluding hydrogens is 412 g/mol. The van der Waals surface area contributed by atoms with Gasteiger partial charge >= 0.3 is 11.7 Å². The van der Waals surface area contributed by atoms with Crippen molar-refractivity contribution in [1.82, 2.24) is 9.80 Å². The fourth-order valence-electron chi connectivity index (χ4n) is 5.15. The molecular formula is C24H28N2O6. The predicted molar refractivity (Wildman–Crippen MR) is 117 cm³/mol. The molecule has 8 heteroatoms. The second kappa shape index (κ2) is 8.48. The van der Waals surface area contributed by atoms with E-state index in [-0.39, 0.29) is 23.7 Å². The Hall–Kier alpha value is -3.03. The second-order valence-corrected chi connectivity index (χ2v) is 8.84. The van der Waals surface area contributed by atoms with Gasteiger partial charge in [0.2, 0.25) is 0 Å². The van der Waals surface area contributed by atoms with E-state index in [1.165, 1.54) is 0 Å². The van der Waals surface area contributed by atoms with Crippen LogP contribution in [0.5, 0.6) is 5.75 Å². The van der Waals surface area contributed by atoms with E-state index >= 15 is 0 Å². The molecule has 0 N–H and O–H groups in total. The summed E-state index contributed by atoms with van der Waals surface area (Å²) in [4.78, 5) is 40.6. The normalized spacial score (nSPS) is 20.2. The number of ether oxygens (including phenoxy) is 2. The summed E-state index contributed by atoms with van der Waals surface area (Å²) < 4.78 is 16.5. The predicted octanol–water partition coefficient (Wildman–Crippen LogP) is 2.88. The number of likely N-dealkylation sites (tertiary alicyclic amines) is 1. The Bertz CT molecular complexity index is 1100. The lowest BCUT2D eigenvalue weighted by Gasteiger charge is -2.36. The number of amides is 2. The Kier molecular flexibility index (Phi) is 5.53. The van der Waals surface area contributed by atoms with Crippen LogP contribution in [0, 0.1) is 0 Å². The number of carbonyl (C=O) groups excluding carboxylic acids is 2. The molecule has 3 aliphatic rings. The summed E-state index contributed by atoms with van der Waals surface area (Å²) in [7, 11) is 0. The van der Waals surface area contributed by atoms with Crippen LogP contribution in [0.4, 0.5) is 4.79 Å². The maximum Gasteiger partial charge on any atom is 0.410 e. The van der Waals surface area contributed by atoms with Crippen LogP contribution in [0.2, 0.25) is 0 Å². The van der Waals surface area contributed by atoms with Gasteiger partial charge in [0.1, 0.15) is 17.9 Å². The van der Waals surface area contributed by atoms with Crippen LogP contribution in [0.25, 0.3) is 11.0 Å². The summed E-state index contributed by atoms with van der Waals surface area (Å²) in [6, 6.07) is 5.60. The summed E-state index contributed by atoms with van der Waals surface area (Å²) >= 11 is 0. The van der Waals surface area contributed by atoms with Crippen LogP contribution in [0.1, 0.15) is 43.7 Å². The van der Waals surface area contributed by atoms with Gasteiger partial charge in [0.05, 0.1) is 6.54 Å². The minimum Gasteiger partial charge on any atom is -0.481 e. The molecule has 8 nitrogen and oxygen atoms in total. The van der Waals surface area contributed by atoms with E-state index in [0.29, 0.717) is 37.6 Å². The minimum absolute atomic E-state index is 0.0839. The van der Waals surface area contributed by atoms with Crippen LogP contribution in [-0.4, -0.2) is 60.2 Å². The fraction of sp³-hybridized carbons (Fsp3) is 0.542. The first-order valence-corrected chi connectivity index (χ1v) is 11.5. The van der Waals surface area contributed by atoms with Crippen molar-refractivity contribution >= 4 is 23.0 Å². The molecule has 0 bridgehead atoms. The van der Waals surface area contributed by atoms with Gasteiger partial charge in [0.25, 0.3) is 5.91 Å². The first kappa shape index (κ1) is 20.8. The van der Waals surface area contributed by atoms with Crippen molar-refractivity contribution in [2.45, 2.75) is 57.6 Å². The van der Waals surface area contributed by atoms with Crippen molar-refractivity contribution in [2.75, 3.05) is 26.2 Å². The largest absolute Gasteiger partial charge is 0.481 e. The third kappa shape index (κ3) is 3.82. The first-order valence-electron chi connectivity index (χ1n) is 11.5. The smallest absolute Gasteiger partial charge is 0.410 e. The Labute approximate surface area is 186 Å². The number of hydrogen-bond donors (Lipinski definition) is 0. The lowest BCUT2D eigenvalue weighted by atomic mass is 9.91. The second-order valence-electron chi connectivity index (χ2n) is 8.84. The molecule has 0 radical (unpaired) electrons. The molecule has 2 saturated heterocycles. The first-order chi connectivity index (χ1) is 15.5. The zero-order valence-corrected chi connectivity index (χ0v) is 18.3. The molecule has 2 amide bonds. The standard InChI is InChI=1S/C24H28N2O6/c1-15(22(27)25-10-8-16(9-11-25)26-12-13-30-24(26)29)31-17-6-7-19-18-4-2-3-5-20(18)23(28)32-21(19)14-17/h6-7,14-16H,2-5,8-13H2,1H3. The van der Waals surface area contributed by atoms with Crippen LogP contribution in [-0.2, 0) is 22.4 Å². The van der Waals surface area contributed by atoms with E-state index in [2.05, 4.69) is 0 Å². The highest BCUT2D eigenvalue weighted by Crippen LogP contribution is 2.29. The average Bonchev–Trinajstić information content (AvgIpc) is 3.24. The third-order valence-corrected chi connectivity index (χ3v) is 6.86. The van der Waals surface area contributed by atoms with E-state index in [1.807, 2.05) is 12.1 Å². The number of aryl methyl sites for hydroxylation is 1. The molecule has 1 atom stereocenters. The molecule has 1 aliphatic carbocycles. The Morgan fingerprint density at radius 2 is 1.84 bits per heavy atom. The fourth-order valence-corrected chi connectivity index (χ4v) is 5.15. The monoisotopic (exact) mass is 440 g/mol. The van der Waals surface area contributed by atoms with Gasteiger partial charge in [-0.2, -0.15) is 0 Å². The van der Waals surface area contributed by atoms with Crippen molar-refractivity contribution in [2.24, 2.45) is 0 Å². The molecule has 2 aliphatic heterocycles. The van der Waals surface area contributed by atoms with Crippen LogP contribution >= 0.6 is 0 Å². The zero-order valence-electron chi connectivity index (χ0n) is 18.3. The highest BCUT2D eigenvalue weighted by molar-refractivity contribution is 5.84. The maximum absolute atomic E-state index is 12.9. The number of carbonyl (C=O) groups is 2. The van der Waals surface area contributed by atoms with Gasteiger partial charge in [-0.15, -0.1) is 0 Å². The molecule has 0 saturated carbocycles.